The second-order valence-electron chi connectivity index (χ2n) is 7.11. The predicted molar refractivity (Wildman–Crippen MR) is 96.7 cm³/mol. The highest BCUT2D eigenvalue weighted by molar-refractivity contribution is 5.92. The summed E-state index contributed by atoms with van der Waals surface area (Å²) < 4.78 is 10.6. The molecule has 0 aromatic heterocycles. The third-order valence-electron chi connectivity index (χ3n) is 5.33. The van der Waals surface area contributed by atoms with Crippen LogP contribution in [0, 0.1) is 18.8 Å². The van der Waals surface area contributed by atoms with Crippen LogP contribution < -0.4 is 10.1 Å². The number of rotatable bonds is 5. The molecule has 1 aliphatic carbocycles. The zero-order chi connectivity index (χ0) is 18.6. The molecule has 1 aromatic rings. The van der Waals surface area contributed by atoms with Crippen molar-refractivity contribution in [3.63, 3.8) is 0 Å². The fraction of sp³-hybridized carbons (Fsp3) is 0.600. The molecule has 0 spiro atoms. The summed E-state index contributed by atoms with van der Waals surface area (Å²) in [6.45, 7) is 7.90. The van der Waals surface area contributed by atoms with Gasteiger partial charge < -0.3 is 14.8 Å². The second-order valence-corrected chi connectivity index (χ2v) is 7.11. The third kappa shape index (κ3) is 4.74. The number of ether oxygens (including phenoxy) is 2. The highest BCUT2D eigenvalue weighted by atomic mass is 16.5. The number of esters is 1. The second kappa shape index (κ2) is 8.37. The molecule has 1 amide bonds. The van der Waals surface area contributed by atoms with Crippen LogP contribution in [0.4, 0.5) is 0 Å². The summed E-state index contributed by atoms with van der Waals surface area (Å²) in [6.07, 6.45) is 2.47. The first kappa shape index (κ1) is 19.3. The Balaban J connectivity index is 1.95. The summed E-state index contributed by atoms with van der Waals surface area (Å²) in [6, 6.07) is 5.26. The van der Waals surface area contributed by atoms with Gasteiger partial charge in [-0.1, -0.05) is 32.8 Å². The van der Waals surface area contributed by atoms with Crippen molar-refractivity contribution in [2.75, 3.05) is 7.11 Å². The minimum absolute atomic E-state index is 0.150. The van der Waals surface area contributed by atoms with E-state index in [0.717, 1.165) is 18.4 Å². The molecular formula is C20H29NO4. The molecule has 5 heteroatoms. The number of amides is 1. The fourth-order valence-electron chi connectivity index (χ4n) is 3.31. The van der Waals surface area contributed by atoms with Crippen molar-refractivity contribution in [3.8, 4) is 5.75 Å². The summed E-state index contributed by atoms with van der Waals surface area (Å²) in [7, 11) is 1.56. The number of benzene rings is 1. The molecule has 0 unspecified atom stereocenters. The molecule has 1 N–H and O–H groups in total. The highest BCUT2D eigenvalue weighted by Gasteiger charge is 2.30. The van der Waals surface area contributed by atoms with Gasteiger partial charge in [-0.05, 0) is 49.8 Å². The predicted octanol–water partition coefficient (Wildman–Crippen LogP) is 3.49. The van der Waals surface area contributed by atoms with Crippen LogP contribution in [0.25, 0.3) is 0 Å². The number of aryl methyl sites for hydroxylation is 1. The monoisotopic (exact) mass is 347 g/mol. The average molecular weight is 347 g/mol. The SMILES string of the molecule is COc1cc(C(=O)O[C@@H](C)C(=O)N[C@@H]2CCC[C@@H](C)[C@@H]2C)ccc1C. The molecule has 0 bridgehead atoms. The Labute approximate surface area is 150 Å². The molecule has 1 aromatic carbocycles. The van der Waals surface area contributed by atoms with E-state index in [-0.39, 0.29) is 11.9 Å². The Morgan fingerprint density at radius 2 is 1.96 bits per heavy atom. The number of carbonyl (C=O) groups excluding carboxylic acids is 2. The van der Waals surface area contributed by atoms with Crippen LogP contribution in [0.1, 0.15) is 56.0 Å². The first-order valence-electron chi connectivity index (χ1n) is 8.99. The van der Waals surface area contributed by atoms with E-state index in [1.54, 1.807) is 32.2 Å². The minimum atomic E-state index is -0.829. The maximum Gasteiger partial charge on any atom is 0.339 e. The summed E-state index contributed by atoms with van der Waals surface area (Å²) in [5.74, 6) is 0.889. The molecule has 1 aliphatic rings. The van der Waals surface area contributed by atoms with Crippen LogP contribution in [0.15, 0.2) is 18.2 Å². The van der Waals surface area contributed by atoms with Gasteiger partial charge in [0, 0.05) is 6.04 Å². The van der Waals surface area contributed by atoms with E-state index in [1.165, 1.54) is 6.42 Å². The third-order valence-corrected chi connectivity index (χ3v) is 5.33. The Morgan fingerprint density at radius 3 is 2.64 bits per heavy atom. The molecule has 5 nitrogen and oxygen atoms in total. The van der Waals surface area contributed by atoms with E-state index in [2.05, 4.69) is 19.2 Å². The molecule has 0 aliphatic heterocycles. The van der Waals surface area contributed by atoms with Crippen molar-refractivity contribution in [1.82, 2.24) is 5.32 Å². The van der Waals surface area contributed by atoms with Gasteiger partial charge in [0.2, 0.25) is 0 Å². The quantitative estimate of drug-likeness (QED) is 0.828. The van der Waals surface area contributed by atoms with E-state index < -0.39 is 12.1 Å². The Bertz CT molecular complexity index is 628. The highest BCUT2D eigenvalue weighted by Crippen LogP contribution is 2.29. The Hall–Kier alpha value is -2.04. The molecule has 0 heterocycles. The van der Waals surface area contributed by atoms with Crippen molar-refractivity contribution in [3.05, 3.63) is 29.3 Å². The largest absolute Gasteiger partial charge is 0.496 e. The zero-order valence-electron chi connectivity index (χ0n) is 15.8. The van der Waals surface area contributed by atoms with E-state index in [1.807, 2.05) is 6.92 Å². The summed E-state index contributed by atoms with van der Waals surface area (Å²) in [4.78, 5) is 24.7. The van der Waals surface area contributed by atoms with Crippen LogP contribution in [0.3, 0.4) is 0 Å². The van der Waals surface area contributed by atoms with Crippen molar-refractivity contribution in [2.24, 2.45) is 11.8 Å². The van der Waals surface area contributed by atoms with Gasteiger partial charge in [-0.2, -0.15) is 0 Å². The van der Waals surface area contributed by atoms with E-state index in [0.29, 0.717) is 23.1 Å². The van der Waals surface area contributed by atoms with Crippen LogP contribution in [0.2, 0.25) is 0 Å². The smallest absolute Gasteiger partial charge is 0.339 e. The lowest BCUT2D eigenvalue weighted by molar-refractivity contribution is -0.130. The van der Waals surface area contributed by atoms with Crippen molar-refractivity contribution < 1.29 is 19.1 Å². The normalized spacial score (nSPS) is 24.3. The Morgan fingerprint density at radius 1 is 1.24 bits per heavy atom. The van der Waals surface area contributed by atoms with Crippen molar-refractivity contribution in [2.45, 2.75) is 59.1 Å². The van der Waals surface area contributed by atoms with Crippen LogP contribution in [-0.4, -0.2) is 31.1 Å². The van der Waals surface area contributed by atoms with Gasteiger partial charge in [-0.3, -0.25) is 4.79 Å². The molecule has 1 fully saturated rings. The molecule has 0 saturated heterocycles. The van der Waals surface area contributed by atoms with Crippen molar-refractivity contribution >= 4 is 11.9 Å². The molecule has 138 valence electrons. The Kier molecular flexibility index (Phi) is 6.45. The number of hydrogen-bond acceptors (Lipinski definition) is 4. The lowest BCUT2D eigenvalue weighted by atomic mass is 9.78. The van der Waals surface area contributed by atoms with Crippen molar-refractivity contribution in [1.29, 1.82) is 0 Å². The van der Waals surface area contributed by atoms with Gasteiger partial charge in [-0.15, -0.1) is 0 Å². The lowest BCUT2D eigenvalue weighted by Gasteiger charge is -2.35. The van der Waals surface area contributed by atoms with Gasteiger partial charge in [0.05, 0.1) is 12.7 Å². The molecule has 1 saturated carbocycles. The molecule has 2 rings (SSSR count). The van der Waals surface area contributed by atoms with E-state index in [9.17, 15) is 9.59 Å². The van der Waals surface area contributed by atoms with E-state index >= 15 is 0 Å². The van der Waals surface area contributed by atoms with Gasteiger partial charge >= 0.3 is 5.97 Å². The fourth-order valence-corrected chi connectivity index (χ4v) is 3.31. The van der Waals surface area contributed by atoms with Gasteiger partial charge in [-0.25, -0.2) is 4.79 Å². The maximum absolute atomic E-state index is 12.4. The summed E-state index contributed by atoms with van der Waals surface area (Å²) >= 11 is 0. The van der Waals surface area contributed by atoms with Crippen LogP contribution >= 0.6 is 0 Å². The first-order chi connectivity index (χ1) is 11.8. The molecular weight excluding hydrogens is 318 g/mol. The number of nitrogens with one attached hydrogen (secondary N) is 1. The topological polar surface area (TPSA) is 64.6 Å². The van der Waals surface area contributed by atoms with Gasteiger partial charge in [0.15, 0.2) is 6.10 Å². The summed E-state index contributed by atoms with van der Waals surface area (Å²) in [5.41, 5.74) is 1.31. The standard InChI is InChI=1S/C20H29NO4/c1-12-7-6-8-17(14(12)3)21-19(22)15(4)25-20(23)16-10-9-13(2)18(11-16)24-5/h9-12,14-15,17H,6-8H2,1-5H3,(H,21,22)/t12-,14+,15+,17-/m1/s1. The minimum Gasteiger partial charge on any atom is -0.496 e. The van der Waals surface area contributed by atoms with Crippen LogP contribution in [-0.2, 0) is 9.53 Å². The van der Waals surface area contributed by atoms with E-state index in [4.69, 9.17) is 9.47 Å². The van der Waals surface area contributed by atoms with Crippen LogP contribution in [0.5, 0.6) is 5.75 Å². The number of carbonyl (C=O) groups is 2. The molecule has 0 radical (unpaired) electrons. The number of hydrogen-bond donors (Lipinski definition) is 1. The summed E-state index contributed by atoms with van der Waals surface area (Å²) in [5, 5.41) is 3.05. The van der Waals surface area contributed by atoms with Gasteiger partial charge in [0.25, 0.3) is 5.91 Å². The average Bonchev–Trinajstić information content (AvgIpc) is 2.59. The van der Waals surface area contributed by atoms with Gasteiger partial charge in [0.1, 0.15) is 5.75 Å². The lowest BCUT2D eigenvalue weighted by Crippen LogP contribution is -2.47. The number of methoxy groups -OCH3 is 1. The molecule has 25 heavy (non-hydrogen) atoms. The molecule has 4 atom stereocenters. The first-order valence-corrected chi connectivity index (χ1v) is 8.99. The maximum atomic E-state index is 12.4. The zero-order valence-corrected chi connectivity index (χ0v) is 15.8.